The van der Waals surface area contributed by atoms with Gasteiger partial charge in [-0.2, -0.15) is 18.3 Å². The number of hydrogen-bond acceptors (Lipinski definition) is 3. The van der Waals surface area contributed by atoms with Gasteiger partial charge >= 0.3 is 6.18 Å². The topological polar surface area (TPSA) is 51.3 Å². The molecular weight excluding hydrogens is 347 g/mol. The zero-order valence-electron chi connectivity index (χ0n) is 14.1. The minimum atomic E-state index is -4.74. The number of hydrogen-bond donors (Lipinski definition) is 0. The normalized spacial score (nSPS) is 11.6. The summed E-state index contributed by atoms with van der Waals surface area (Å²) in [4.78, 5) is 13.8. The van der Waals surface area contributed by atoms with Gasteiger partial charge in [0.05, 0.1) is 30.3 Å². The molecule has 3 rings (SSSR count). The van der Waals surface area contributed by atoms with Crippen LogP contribution in [0.3, 0.4) is 0 Å². The number of nitrogens with zero attached hydrogens (tertiary/aromatic N) is 3. The maximum atomic E-state index is 13.7. The Morgan fingerprint density at radius 3 is 2.58 bits per heavy atom. The first-order chi connectivity index (χ1) is 12.3. The van der Waals surface area contributed by atoms with Gasteiger partial charge in [-0.1, -0.05) is 18.2 Å². The predicted octanol–water partition coefficient (Wildman–Crippen LogP) is 4.06. The number of halogens is 3. The second kappa shape index (κ2) is 6.70. The summed E-state index contributed by atoms with van der Waals surface area (Å²) in [7, 11) is 1.41. The molecule has 1 aromatic carbocycles. The van der Waals surface area contributed by atoms with Crippen molar-refractivity contribution in [1.29, 1.82) is 0 Å². The Morgan fingerprint density at radius 1 is 1.23 bits per heavy atom. The number of para-hydroxylation sites is 1. The van der Waals surface area contributed by atoms with Crippen LogP contribution in [0, 0.1) is 6.92 Å². The molecule has 136 valence electrons. The molecule has 0 aliphatic rings. The standard InChI is InChI=1S/C18H16F3N3O2/c1-12-6-3-4-8-15(12)24-16(18(19,20)21)14(10-22-24)17(25)23(2)11-13-7-5-9-26-13/h3-10H,11H2,1-2H3. The van der Waals surface area contributed by atoms with Crippen molar-refractivity contribution >= 4 is 5.91 Å². The Balaban J connectivity index is 2.02. The lowest BCUT2D eigenvalue weighted by Crippen LogP contribution is -2.28. The molecule has 0 aliphatic heterocycles. The second-order valence-electron chi connectivity index (χ2n) is 5.84. The van der Waals surface area contributed by atoms with Gasteiger partial charge in [0, 0.05) is 7.05 Å². The summed E-state index contributed by atoms with van der Waals surface area (Å²) in [6.07, 6.45) is -2.35. The molecule has 0 atom stereocenters. The smallest absolute Gasteiger partial charge is 0.434 e. The molecule has 8 heteroatoms. The Morgan fingerprint density at radius 2 is 1.96 bits per heavy atom. The summed E-state index contributed by atoms with van der Waals surface area (Å²) >= 11 is 0. The Bertz CT molecular complexity index is 914. The quantitative estimate of drug-likeness (QED) is 0.702. The molecule has 0 spiro atoms. The molecule has 26 heavy (non-hydrogen) atoms. The van der Waals surface area contributed by atoms with E-state index < -0.39 is 23.3 Å². The number of furan rings is 1. The van der Waals surface area contributed by atoms with Crippen molar-refractivity contribution in [3.05, 3.63) is 71.4 Å². The first kappa shape index (κ1) is 17.8. The fraction of sp³-hybridized carbons (Fsp3) is 0.222. The monoisotopic (exact) mass is 363 g/mol. The van der Waals surface area contributed by atoms with Crippen molar-refractivity contribution in [1.82, 2.24) is 14.7 Å². The van der Waals surface area contributed by atoms with Gasteiger partial charge in [0.25, 0.3) is 5.91 Å². The molecule has 0 aliphatic carbocycles. The van der Waals surface area contributed by atoms with E-state index >= 15 is 0 Å². The van der Waals surface area contributed by atoms with Crippen molar-refractivity contribution in [2.45, 2.75) is 19.6 Å². The third-order valence-corrected chi connectivity index (χ3v) is 3.93. The van der Waals surface area contributed by atoms with Crippen LogP contribution in [0.2, 0.25) is 0 Å². The van der Waals surface area contributed by atoms with E-state index in [1.54, 1.807) is 37.3 Å². The molecular formula is C18H16F3N3O2. The molecule has 2 aromatic heterocycles. The van der Waals surface area contributed by atoms with Crippen LogP contribution >= 0.6 is 0 Å². The third kappa shape index (κ3) is 3.35. The molecule has 0 saturated carbocycles. The molecule has 1 amide bonds. The van der Waals surface area contributed by atoms with Crippen molar-refractivity contribution in [2.75, 3.05) is 7.05 Å². The van der Waals surface area contributed by atoms with Crippen molar-refractivity contribution < 1.29 is 22.4 Å². The van der Waals surface area contributed by atoms with E-state index in [9.17, 15) is 18.0 Å². The average molecular weight is 363 g/mol. The molecule has 0 unspecified atom stereocenters. The van der Waals surface area contributed by atoms with Crippen LogP contribution in [0.25, 0.3) is 5.69 Å². The van der Waals surface area contributed by atoms with E-state index in [2.05, 4.69) is 5.10 Å². The van der Waals surface area contributed by atoms with Gasteiger partial charge in [-0.25, -0.2) is 4.68 Å². The highest BCUT2D eigenvalue weighted by molar-refractivity contribution is 5.95. The maximum absolute atomic E-state index is 13.7. The molecule has 0 radical (unpaired) electrons. The lowest BCUT2D eigenvalue weighted by molar-refractivity contribution is -0.143. The first-order valence-corrected chi connectivity index (χ1v) is 7.78. The summed E-state index contributed by atoms with van der Waals surface area (Å²) in [5.74, 6) is -0.311. The van der Waals surface area contributed by atoms with E-state index in [1.807, 2.05) is 0 Å². The first-order valence-electron chi connectivity index (χ1n) is 7.78. The highest BCUT2D eigenvalue weighted by Crippen LogP contribution is 2.34. The number of alkyl halides is 3. The predicted molar refractivity (Wildman–Crippen MR) is 87.8 cm³/mol. The molecule has 5 nitrogen and oxygen atoms in total. The minimum Gasteiger partial charge on any atom is -0.467 e. The number of carbonyl (C=O) groups is 1. The van der Waals surface area contributed by atoms with Crippen molar-refractivity contribution in [3.63, 3.8) is 0 Å². The SMILES string of the molecule is Cc1ccccc1-n1ncc(C(=O)N(C)Cc2ccco2)c1C(F)(F)F. The van der Waals surface area contributed by atoms with E-state index in [0.717, 1.165) is 15.8 Å². The number of aryl methyl sites for hydroxylation is 1. The van der Waals surface area contributed by atoms with Crippen LogP contribution in [-0.2, 0) is 12.7 Å². The molecule has 0 N–H and O–H groups in total. The van der Waals surface area contributed by atoms with Crippen molar-refractivity contribution in [2.24, 2.45) is 0 Å². The minimum absolute atomic E-state index is 0.0542. The van der Waals surface area contributed by atoms with Crippen LogP contribution < -0.4 is 0 Å². The van der Waals surface area contributed by atoms with Gasteiger partial charge in [-0.15, -0.1) is 0 Å². The molecule has 2 heterocycles. The second-order valence-corrected chi connectivity index (χ2v) is 5.84. The van der Waals surface area contributed by atoms with Gasteiger partial charge in [0.1, 0.15) is 5.76 Å². The van der Waals surface area contributed by atoms with E-state index in [-0.39, 0.29) is 12.2 Å². The number of aromatic nitrogens is 2. The maximum Gasteiger partial charge on any atom is 0.434 e. The van der Waals surface area contributed by atoms with Crippen LogP contribution in [0.4, 0.5) is 13.2 Å². The third-order valence-electron chi connectivity index (χ3n) is 3.93. The number of benzene rings is 1. The Kier molecular flexibility index (Phi) is 4.58. The van der Waals surface area contributed by atoms with Crippen molar-refractivity contribution in [3.8, 4) is 5.69 Å². The average Bonchev–Trinajstić information content (AvgIpc) is 3.23. The zero-order valence-corrected chi connectivity index (χ0v) is 14.1. The Hall–Kier alpha value is -3.03. The summed E-state index contributed by atoms with van der Waals surface area (Å²) in [6.45, 7) is 1.74. The fourth-order valence-corrected chi connectivity index (χ4v) is 2.68. The van der Waals surface area contributed by atoms with Gasteiger partial charge in [0.2, 0.25) is 0 Å². The van der Waals surface area contributed by atoms with Gasteiger partial charge in [0.15, 0.2) is 5.69 Å². The summed E-state index contributed by atoms with van der Waals surface area (Å²) in [5, 5.41) is 3.84. The van der Waals surface area contributed by atoms with Crippen LogP contribution in [0.5, 0.6) is 0 Å². The highest BCUT2D eigenvalue weighted by Gasteiger charge is 2.41. The van der Waals surface area contributed by atoms with Gasteiger partial charge in [-0.05, 0) is 30.7 Å². The van der Waals surface area contributed by atoms with Crippen LogP contribution in [0.1, 0.15) is 27.4 Å². The van der Waals surface area contributed by atoms with E-state index in [1.165, 1.54) is 19.4 Å². The highest BCUT2D eigenvalue weighted by atomic mass is 19.4. The summed E-state index contributed by atoms with van der Waals surface area (Å²) < 4.78 is 47.0. The fourth-order valence-electron chi connectivity index (χ4n) is 2.68. The lowest BCUT2D eigenvalue weighted by atomic mass is 10.1. The Labute approximate surface area is 147 Å². The molecule has 0 saturated heterocycles. The van der Waals surface area contributed by atoms with Crippen LogP contribution in [-0.4, -0.2) is 27.6 Å². The molecule has 3 aromatic rings. The van der Waals surface area contributed by atoms with Crippen LogP contribution in [0.15, 0.2) is 53.3 Å². The summed E-state index contributed by atoms with van der Waals surface area (Å²) in [6, 6.07) is 9.84. The number of carbonyl (C=O) groups excluding carboxylic acids is 1. The zero-order chi connectivity index (χ0) is 18.9. The lowest BCUT2D eigenvalue weighted by Gasteiger charge is -2.18. The van der Waals surface area contributed by atoms with E-state index in [4.69, 9.17) is 4.42 Å². The largest absolute Gasteiger partial charge is 0.467 e. The number of amides is 1. The molecule has 0 bridgehead atoms. The van der Waals surface area contributed by atoms with Gasteiger partial charge in [-0.3, -0.25) is 4.79 Å². The molecule has 0 fully saturated rings. The van der Waals surface area contributed by atoms with E-state index in [0.29, 0.717) is 11.3 Å². The summed E-state index contributed by atoms with van der Waals surface area (Å²) in [5.41, 5.74) is -0.713. The number of rotatable bonds is 4. The van der Waals surface area contributed by atoms with Gasteiger partial charge < -0.3 is 9.32 Å².